The van der Waals surface area contributed by atoms with Gasteiger partial charge in [0.25, 0.3) is 0 Å². The molecule has 0 saturated carbocycles. The Morgan fingerprint density at radius 3 is 2.28 bits per heavy atom. The lowest BCUT2D eigenvalue weighted by atomic mass is 10.2. The molecule has 0 aliphatic carbocycles. The number of aryl methyl sites for hydroxylation is 2. The first kappa shape index (κ1) is 20.3. The van der Waals surface area contributed by atoms with E-state index in [1.54, 1.807) is 14.2 Å². The maximum absolute atomic E-state index is 5.73. The summed E-state index contributed by atoms with van der Waals surface area (Å²) in [6, 6.07) is 15.3. The lowest BCUT2D eigenvalue weighted by Crippen LogP contribution is -2.13. The minimum Gasteiger partial charge on any atom is -0.497 e. The second-order valence-electron chi connectivity index (χ2n) is 6.47. The fourth-order valence-electron chi connectivity index (χ4n) is 2.80. The average molecular weight is 394 g/mol. The number of nitrogens with zero attached hydrogens (tertiary/aromatic N) is 2. The van der Waals surface area contributed by atoms with Gasteiger partial charge in [-0.2, -0.15) is 0 Å². The Balaban J connectivity index is 1.59. The van der Waals surface area contributed by atoms with Crippen LogP contribution in [0.4, 0.5) is 17.3 Å². The van der Waals surface area contributed by atoms with Crippen molar-refractivity contribution in [2.45, 2.75) is 13.8 Å². The van der Waals surface area contributed by atoms with Gasteiger partial charge in [-0.05, 0) is 55.8 Å². The van der Waals surface area contributed by atoms with Gasteiger partial charge in [0.2, 0.25) is 0 Å². The highest BCUT2D eigenvalue weighted by atomic mass is 16.5. The number of methoxy groups -OCH3 is 2. The molecule has 152 valence electrons. The van der Waals surface area contributed by atoms with E-state index >= 15 is 0 Å². The molecule has 2 aromatic carbocycles. The fraction of sp³-hybridized carbons (Fsp3) is 0.273. The molecule has 1 heterocycles. The topological polar surface area (TPSA) is 77.5 Å². The van der Waals surface area contributed by atoms with E-state index in [0.29, 0.717) is 24.8 Å². The van der Waals surface area contributed by atoms with Crippen LogP contribution in [0.1, 0.15) is 11.4 Å². The molecule has 1 aromatic heterocycles. The Hall–Kier alpha value is -3.48. The third kappa shape index (κ3) is 5.75. The molecule has 2 N–H and O–H groups in total. The number of aromatic nitrogens is 2. The minimum absolute atomic E-state index is 0.504. The Morgan fingerprint density at radius 2 is 1.55 bits per heavy atom. The summed E-state index contributed by atoms with van der Waals surface area (Å²) < 4.78 is 16.3. The van der Waals surface area contributed by atoms with Crippen molar-refractivity contribution in [3.05, 3.63) is 59.9 Å². The Bertz CT molecular complexity index is 945. The molecule has 0 radical (unpaired) electrons. The van der Waals surface area contributed by atoms with Crippen LogP contribution < -0.4 is 24.8 Å². The van der Waals surface area contributed by atoms with E-state index in [1.807, 2.05) is 62.4 Å². The molecule has 0 aliphatic heterocycles. The van der Waals surface area contributed by atoms with E-state index in [-0.39, 0.29) is 0 Å². The molecule has 0 spiro atoms. The van der Waals surface area contributed by atoms with Crippen LogP contribution in [0, 0.1) is 13.8 Å². The monoisotopic (exact) mass is 394 g/mol. The minimum atomic E-state index is 0.504. The van der Waals surface area contributed by atoms with Crippen LogP contribution in [-0.2, 0) is 0 Å². The van der Waals surface area contributed by atoms with E-state index in [1.165, 1.54) is 0 Å². The average Bonchev–Trinajstić information content (AvgIpc) is 2.71. The van der Waals surface area contributed by atoms with Gasteiger partial charge in [0.1, 0.15) is 41.3 Å². The van der Waals surface area contributed by atoms with Crippen LogP contribution in [0.5, 0.6) is 17.2 Å². The van der Waals surface area contributed by atoms with Crippen molar-refractivity contribution < 1.29 is 14.2 Å². The van der Waals surface area contributed by atoms with Crippen molar-refractivity contribution in [3.63, 3.8) is 0 Å². The molecule has 0 aliphatic rings. The molecule has 0 unspecified atom stereocenters. The molecule has 0 saturated heterocycles. The molecular weight excluding hydrogens is 368 g/mol. The van der Waals surface area contributed by atoms with Gasteiger partial charge in [-0.1, -0.05) is 6.07 Å². The molecule has 3 aromatic rings. The first-order valence-electron chi connectivity index (χ1n) is 9.35. The van der Waals surface area contributed by atoms with Gasteiger partial charge in [-0.3, -0.25) is 0 Å². The number of anilines is 3. The van der Waals surface area contributed by atoms with Gasteiger partial charge in [0, 0.05) is 6.07 Å². The normalized spacial score (nSPS) is 10.3. The van der Waals surface area contributed by atoms with Gasteiger partial charge < -0.3 is 24.8 Å². The first-order valence-corrected chi connectivity index (χ1v) is 9.35. The molecule has 29 heavy (non-hydrogen) atoms. The summed E-state index contributed by atoms with van der Waals surface area (Å²) in [6.45, 7) is 5.00. The molecule has 0 fully saturated rings. The van der Waals surface area contributed by atoms with Crippen LogP contribution in [0.3, 0.4) is 0 Å². The van der Waals surface area contributed by atoms with Crippen molar-refractivity contribution in [2.75, 3.05) is 38.0 Å². The van der Waals surface area contributed by atoms with E-state index in [4.69, 9.17) is 14.2 Å². The highest BCUT2D eigenvalue weighted by Crippen LogP contribution is 2.28. The van der Waals surface area contributed by atoms with Crippen molar-refractivity contribution in [2.24, 2.45) is 0 Å². The van der Waals surface area contributed by atoms with Crippen molar-refractivity contribution in [1.29, 1.82) is 0 Å². The smallest absolute Gasteiger partial charge is 0.142 e. The Labute approximate surface area is 171 Å². The standard InChI is InChI=1S/C22H26N4O3/c1-15-5-10-20(28-4)19(13-15)26-22-14-21(24-16(2)25-22)23-11-12-29-18-8-6-17(27-3)7-9-18/h5-10,13-14H,11-12H2,1-4H3,(H2,23,24,25,26). The quantitative estimate of drug-likeness (QED) is 0.523. The molecule has 0 bridgehead atoms. The summed E-state index contributed by atoms with van der Waals surface area (Å²) in [5, 5.41) is 6.59. The lowest BCUT2D eigenvalue weighted by Gasteiger charge is -2.13. The van der Waals surface area contributed by atoms with E-state index < -0.39 is 0 Å². The lowest BCUT2D eigenvalue weighted by molar-refractivity contribution is 0.331. The van der Waals surface area contributed by atoms with E-state index in [2.05, 4.69) is 20.6 Å². The van der Waals surface area contributed by atoms with Crippen LogP contribution in [0.2, 0.25) is 0 Å². The van der Waals surface area contributed by atoms with Crippen molar-refractivity contribution in [3.8, 4) is 17.2 Å². The summed E-state index contributed by atoms with van der Waals surface area (Å²) in [5.74, 6) is 4.44. The third-order valence-corrected chi connectivity index (χ3v) is 4.19. The van der Waals surface area contributed by atoms with Gasteiger partial charge in [-0.15, -0.1) is 0 Å². The summed E-state index contributed by atoms with van der Waals surface area (Å²) in [4.78, 5) is 8.90. The third-order valence-electron chi connectivity index (χ3n) is 4.19. The fourth-order valence-corrected chi connectivity index (χ4v) is 2.80. The number of hydrogen-bond acceptors (Lipinski definition) is 7. The molecule has 7 nitrogen and oxygen atoms in total. The first-order chi connectivity index (χ1) is 14.1. The summed E-state index contributed by atoms with van der Waals surface area (Å²) in [6.07, 6.45) is 0. The van der Waals surface area contributed by atoms with Crippen LogP contribution >= 0.6 is 0 Å². The van der Waals surface area contributed by atoms with Crippen LogP contribution in [0.25, 0.3) is 0 Å². The molecular formula is C22H26N4O3. The predicted molar refractivity (Wildman–Crippen MR) is 115 cm³/mol. The van der Waals surface area contributed by atoms with Gasteiger partial charge >= 0.3 is 0 Å². The highest BCUT2D eigenvalue weighted by Gasteiger charge is 2.07. The van der Waals surface area contributed by atoms with Crippen LogP contribution in [0.15, 0.2) is 48.5 Å². The largest absolute Gasteiger partial charge is 0.497 e. The number of ether oxygens (including phenoxy) is 3. The maximum Gasteiger partial charge on any atom is 0.142 e. The summed E-state index contributed by atoms with van der Waals surface area (Å²) >= 11 is 0. The maximum atomic E-state index is 5.73. The zero-order valence-corrected chi connectivity index (χ0v) is 17.2. The zero-order chi connectivity index (χ0) is 20.6. The zero-order valence-electron chi connectivity index (χ0n) is 17.2. The number of rotatable bonds is 9. The number of nitrogens with one attached hydrogen (secondary N) is 2. The van der Waals surface area contributed by atoms with Gasteiger partial charge in [0.05, 0.1) is 26.5 Å². The molecule has 3 rings (SSSR count). The SMILES string of the molecule is COc1ccc(OCCNc2cc(Nc3cc(C)ccc3OC)nc(C)n2)cc1. The van der Waals surface area contributed by atoms with Crippen molar-refractivity contribution in [1.82, 2.24) is 9.97 Å². The second kappa shape index (κ2) is 9.64. The molecule has 0 amide bonds. The summed E-state index contributed by atoms with van der Waals surface area (Å²) in [7, 11) is 3.29. The second-order valence-corrected chi connectivity index (χ2v) is 6.47. The van der Waals surface area contributed by atoms with E-state index in [9.17, 15) is 0 Å². The van der Waals surface area contributed by atoms with Gasteiger partial charge in [-0.25, -0.2) is 9.97 Å². The molecule has 0 atom stereocenters. The van der Waals surface area contributed by atoms with Crippen LogP contribution in [-0.4, -0.2) is 37.3 Å². The van der Waals surface area contributed by atoms with E-state index in [0.717, 1.165) is 34.3 Å². The van der Waals surface area contributed by atoms with Crippen molar-refractivity contribution >= 4 is 17.3 Å². The highest BCUT2D eigenvalue weighted by molar-refractivity contribution is 5.66. The Morgan fingerprint density at radius 1 is 0.828 bits per heavy atom. The Kier molecular flexibility index (Phi) is 6.73. The predicted octanol–water partition coefficient (Wildman–Crippen LogP) is 4.35. The number of benzene rings is 2. The van der Waals surface area contributed by atoms with Gasteiger partial charge in [0.15, 0.2) is 0 Å². The summed E-state index contributed by atoms with van der Waals surface area (Å²) in [5.41, 5.74) is 1.99. The number of hydrogen-bond donors (Lipinski definition) is 2. The molecule has 7 heteroatoms.